The van der Waals surface area contributed by atoms with Crippen molar-refractivity contribution in [1.82, 2.24) is 14.5 Å². The number of ether oxygens (including phenoxy) is 1. The molecule has 0 radical (unpaired) electrons. The number of nitrogens with one attached hydrogen (secondary N) is 1. The Morgan fingerprint density at radius 3 is 2.17 bits per heavy atom. The molecule has 0 saturated carbocycles. The van der Waals surface area contributed by atoms with Gasteiger partial charge in [0.05, 0.1) is 18.1 Å². The number of anilines is 1. The number of rotatable bonds is 17. The van der Waals surface area contributed by atoms with Gasteiger partial charge >= 0.3 is 0 Å². The first-order valence-corrected chi connectivity index (χ1v) is 24.3. The van der Waals surface area contributed by atoms with Crippen molar-refractivity contribution >= 4 is 51.0 Å². The molecule has 0 aromatic carbocycles. The Kier molecular flexibility index (Phi) is 14.0. The highest BCUT2D eigenvalue weighted by molar-refractivity contribution is 6.74. The zero-order valence-electron chi connectivity index (χ0n) is 31.7. The second kappa shape index (κ2) is 16.5. The van der Waals surface area contributed by atoms with E-state index in [-0.39, 0.29) is 34.0 Å². The van der Waals surface area contributed by atoms with E-state index in [0.29, 0.717) is 29.7 Å². The van der Waals surface area contributed by atoms with Crippen molar-refractivity contribution in [3.8, 4) is 12.3 Å². The highest BCUT2D eigenvalue weighted by atomic mass is 35.5. The monoisotopic (exact) mass is 718 g/mol. The van der Waals surface area contributed by atoms with Gasteiger partial charge in [-0.15, -0.1) is 6.42 Å². The SMILES string of the molecule is C#C[C@]1(CO[Si](C)(C)C(C)(C)C)O[C@@H](n2ccc3c(NC(=O)CCCCCCCCCCC)nc(Cl)nc32)C[C@@H]1O[Si](C)(C)C(C)(C)C. The van der Waals surface area contributed by atoms with Crippen molar-refractivity contribution in [2.75, 3.05) is 11.9 Å². The van der Waals surface area contributed by atoms with E-state index >= 15 is 0 Å². The minimum Gasteiger partial charge on any atom is -0.413 e. The normalized spacial score (nSPS) is 20.7. The van der Waals surface area contributed by atoms with Gasteiger partial charge in [-0.05, 0) is 60.4 Å². The Labute approximate surface area is 298 Å². The van der Waals surface area contributed by atoms with Crippen LogP contribution >= 0.6 is 11.6 Å². The first-order chi connectivity index (χ1) is 22.3. The maximum atomic E-state index is 13.0. The number of unbranched alkanes of at least 4 members (excludes halogenated alkanes) is 8. The molecule has 1 fully saturated rings. The van der Waals surface area contributed by atoms with Gasteiger partial charge in [0, 0.05) is 19.0 Å². The van der Waals surface area contributed by atoms with Crippen LogP contribution in [0.4, 0.5) is 5.82 Å². The number of hydrogen-bond acceptors (Lipinski definition) is 6. The summed E-state index contributed by atoms with van der Waals surface area (Å²) in [4.78, 5) is 21.9. The van der Waals surface area contributed by atoms with Gasteiger partial charge < -0.3 is 23.5 Å². The van der Waals surface area contributed by atoms with Crippen molar-refractivity contribution in [3.63, 3.8) is 0 Å². The van der Waals surface area contributed by atoms with Crippen LogP contribution in [0.25, 0.3) is 11.0 Å². The molecule has 0 bridgehead atoms. The third-order valence-corrected chi connectivity index (χ3v) is 20.0. The van der Waals surface area contributed by atoms with E-state index in [1.54, 1.807) is 0 Å². The van der Waals surface area contributed by atoms with Crippen molar-refractivity contribution in [3.05, 3.63) is 17.5 Å². The zero-order valence-corrected chi connectivity index (χ0v) is 34.5. The van der Waals surface area contributed by atoms with E-state index in [9.17, 15) is 4.79 Å². The quantitative estimate of drug-likeness (QED) is 0.0758. The summed E-state index contributed by atoms with van der Waals surface area (Å²) >= 11 is 6.45. The number of aromatic nitrogens is 3. The number of halogens is 1. The molecule has 48 heavy (non-hydrogen) atoms. The maximum Gasteiger partial charge on any atom is 0.226 e. The molecular formula is C37H63ClN4O4Si2. The fraction of sp³-hybridized carbons (Fsp3) is 0.757. The molecule has 1 amide bonds. The summed E-state index contributed by atoms with van der Waals surface area (Å²) in [5.74, 6) is 3.33. The third kappa shape index (κ3) is 10.2. The Balaban J connectivity index is 1.81. The Morgan fingerprint density at radius 1 is 1.02 bits per heavy atom. The van der Waals surface area contributed by atoms with Crippen LogP contribution in [-0.4, -0.2) is 55.4 Å². The van der Waals surface area contributed by atoms with E-state index in [4.69, 9.17) is 31.6 Å². The van der Waals surface area contributed by atoms with Crippen molar-refractivity contribution < 1.29 is 18.4 Å². The lowest BCUT2D eigenvalue weighted by Gasteiger charge is -2.43. The number of fused-ring (bicyclic) bond motifs is 1. The lowest BCUT2D eigenvalue weighted by Crippen LogP contribution is -2.54. The summed E-state index contributed by atoms with van der Waals surface area (Å²) < 4.78 is 22.5. The van der Waals surface area contributed by atoms with Crippen LogP contribution in [0.3, 0.4) is 0 Å². The number of hydrogen-bond donors (Lipinski definition) is 1. The summed E-state index contributed by atoms with van der Waals surface area (Å²) in [6.07, 6.45) is 19.1. The van der Waals surface area contributed by atoms with E-state index < -0.39 is 28.5 Å². The molecule has 0 spiro atoms. The predicted octanol–water partition coefficient (Wildman–Crippen LogP) is 10.6. The number of terminal acetylenes is 1. The van der Waals surface area contributed by atoms with Gasteiger partial charge in [0.2, 0.25) is 11.2 Å². The third-order valence-electron chi connectivity index (χ3n) is 10.8. The summed E-state index contributed by atoms with van der Waals surface area (Å²) in [6.45, 7) is 24.7. The van der Waals surface area contributed by atoms with Crippen molar-refractivity contribution in [2.45, 2.75) is 173 Å². The Hall–Kier alpha value is -1.75. The molecule has 270 valence electrons. The number of carbonyl (C=O) groups is 1. The second-order valence-corrected chi connectivity index (χ2v) is 26.6. The number of carbonyl (C=O) groups excluding carboxylic acids is 1. The fourth-order valence-electron chi connectivity index (χ4n) is 5.51. The Bertz CT molecular complexity index is 1410. The average Bonchev–Trinajstić information content (AvgIpc) is 3.55. The molecule has 0 aliphatic carbocycles. The largest absolute Gasteiger partial charge is 0.413 e. The van der Waals surface area contributed by atoms with Crippen LogP contribution < -0.4 is 5.32 Å². The molecule has 1 saturated heterocycles. The first kappa shape index (κ1) is 40.7. The smallest absolute Gasteiger partial charge is 0.226 e. The minimum atomic E-state index is -2.24. The lowest BCUT2D eigenvalue weighted by molar-refractivity contribution is -0.116. The van der Waals surface area contributed by atoms with Gasteiger partial charge in [-0.3, -0.25) is 4.79 Å². The minimum absolute atomic E-state index is 0.00952. The fourth-order valence-corrected chi connectivity index (χ4v) is 8.04. The molecule has 1 N–H and O–H groups in total. The van der Waals surface area contributed by atoms with Gasteiger partial charge in [0.1, 0.15) is 17.7 Å². The maximum absolute atomic E-state index is 13.0. The molecule has 1 aliphatic heterocycles. The number of nitrogens with zero attached hydrogens (tertiary/aromatic N) is 3. The molecule has 3 atom stereocenters. The van der Waals surface area contributed by atoms with E-state index in [0.717, 1.165) is 19.3 Å². The van der Waals surface area contributed by atoms with E-state index in [2.05, 4.69) is 95.9 Å². The van der Waals surface area contributed by atoms with Crippen molar-refractivity contribution in [1.29, 1.82) is 0 Å². The standard InChI is InChI=1S/C37H63ClN4O4Si2/c1-13-15-16-17-18-19-20-21-22-23-30(43)39-32-28-24-25-42(33(28)41-34(38)40-32)31-26-29(46-48(11,12)36(6,7)8)37(14-2,45-31)27-44-47(9,10)35(3,4)5/h2,24-25,29,31H,13,15-23,26-27H2,1,3-12H3,(H,39,40,41,43)/t29-,31+,37+/m0/s1. The van der Waals surface area contributed by atoms with Crippen LogP contribution in [0.5, 0.6) is 0 Å². The highest BCUT2D eigenvalue weighted by Crippen LogP contribution is 2.47. The topological polar surface area (TPSA) is 87.5 Å². The van der Waals surface area contributed by atoms with Gasteiger partial charge in [-0.1, -0.05) is 106 Å². The highest BCUT2D eigenvalue weighted by Gasteiger charge is 2.54. The van der Waals surface area contributed by atoms with Gasteiger partial charge in [-0.25, -0.2) is 0 Å². The summed E-state index contributed by atoms with van der Waals surface area (Å²) in [7, 11) is -4.39. The molecule has 3 heterocycles. The average molecular weight is 720 g/mol. The van der Waals surface area contributed by atoms with Gasteiger partial charge in [0.25, 0.3) is 0 Å². The zero-order chi connectivity index (χ0) is 36.0. The van der Waals surface area contributed by atoms with E-state index in [1.807, 2.05) is 16.8 Å². The number of amides is 1. The van der Waals surface area contributed by atoms with Gasteiger partial charge in [-0.2, -0.15) is 9.97 Å². The molecule has 8 nitrogen and oxygen atoms in total. The Morgan fingerprint density at radius 2 is 1.60 bits per heavy atom. The molecule has 2 aromatic rings. The van der Waals surface area contributed by atoms with Crippen LogP contribution in [0, 0.1) is 12.3 Å². The molecule has 11 heteroatoms. The van der Waals surface area contributed by atoms with Crippen LogP contribution in [0.2, 0.25) is 41.5 Å². The predicted molar refractivity (Wildman–Crippen MR) is 205 cm³/mol. The van der Waals surface area contributed by atoms with Crippen molar-refractivity contribution in [2.24, 2.45) is 0 Å². The van der Waals surface area contributed by atoms with Gasteiger partial charge in [0.15, 0.2) is 22.2 Å². The molecule has 2 aromatic heterocycles. The summed E-state index contributed by atoms with van der Waals surface area (Å²) in [6, 6.07) is 1.90. The van der Waals surface area contributed by atoms with E-state index in [1.165, 1.54) is 38.5 Å². The summed E-state index contributed by atoms with van der Waals surface area (Å²) in [5, 5.41) is 3.73. The van der Waals surface area contributed by atoms with Crippen LogP contribution in [0.1, 0.15) is 125 Å². The lowest BCUT2D eigenvalue weighted by atomic mass is 9.99. The second-order valence-electron chi connectivity index (χ2n) is 16.7. The van der Waals surface area contributed by atoms with Crippen LogP contribution in [0.15, 0.2) is 12.3 Å². The molecule has 1 aliphatic rings. The summed E-state index contributed by atoms with van der Waals surface area (Å²) in [5.41, 5.74) is -0.516. The molecule has 3 rings (SSSR count). The first-order valence-electron chi connectivity index (χ1n) is 18.1. The molecular weight excluding hydrogens is 656 g/mol. The van der Waals surface area contributed by atoms with Crippen LogP contribution in [-0.2, 0) is 18.4 Å². The molecule has 0 unspecified atom stereocenters.